The lowest BCUT2D eigenvalue weighted by Gasteiger charge is -2.33. The largest absolute Gasteiger partial charge is 0.380 e. The Balaban J connectivity index is 2.24. The van der Waals surface area contributed by atoms with Crippen LogP contribution in [0, 0.1) is 6.92 Å². The highest BCUT2D eigenvalue weighted by Crippen LogP contribution is 2.24. The molecule has 1 fully saturated rings. The van der Waals surface area contributed by atoms with Gasteiger partial charge in [0, 0.05) is 11.1 Å². The van der Waals surface area contributed by atoms with Crippen molar-refractivity contribution in [3.8, 4) is 0 Å². The second-order valence-corrected chi connectivity index (χ2v) is 7.77. The average molecular weight is 348 g/mol. The summed E-state index contributed by atoms with van der Waals surface area (Å²) in [5.41, 5.74) is 0.380. The smallest absolute Gasteiger partial charge is 0.241 e. The molecular formula is C13H18BrNO3S. The molecular weight excluding hydrogens is 330 g/mol. The summed E-state index contributed by atoms with van der Waals surface area (Å²) in [5, 5.41) is 0. The Morgan fingerprint density at radius 3 is 2.74 bits per heavy atom. The molecule has 106 valence electrons. The predicted octanol–water partition coefficient (Wildman–Crippen LogP) is 2.60. The summed E-state index contributed by atoms with van der Waals surface area (Å²) in [6.45, 7) is 4.88. The predicted molar refractivity (Wildman–Crippen MR) is 77.7 cm³/mol. The van der Waals surface area contributed by atoms with Crippen LogP contribution in [0.4, 0.5) is 0 Å². The van der Waals surface area contributed by atoms with Crippen LogP contribution in [0.25, 0.3) is 0 Å². The van der Waals surface area contributed by atoms with E-state index in [0.29, 0.717) is 18.1 Å². The summed E-state index contributed by atoms with van der Waals surface area (Å²) < 4.78 is 33.8. The number of hydrogen-bond donors (Lipinski definition) is 1. The van der Waals surface area contributed by atoms with Crippen LogP contribution >= 0.6 is 15.9 Å². The minimum absolute atomic E-state index is 0.292. The lowest BCUT2D eigenvalue weighted by Crippen LogP contribution is -2.51. The first-order valence-electron chi connectivity index (χ1n) is 6.20. The minimum atomic E-state index is -3.51. The molecule has 0 amide bonds. The molecule has 4 nitrogen and oxygen atoms in total. The molecule has 1 saturated heterocycles. The Labute approximate surface area is 122 Å². The topological polar surface area (TPSA) is 55.4 Å². The molecule has 6 heteroatoms. The maximum atomic E-state index is 12.4. The fraction of sp³-hybridized carbons (Fsp3) is 0.538. The monoisotopic (exact) mass is 347 g/mol. The third-order valence-electron chi connectivity index (χ3n) is 3.26. The fourth-order valence-electron chi connectivity index (χ4n) is 2.18. The summed E-state index contributed by atoms with van der Waals surface area (Å²) in [6.07, 6.45) is 1.67. The van der Waals surface area contributed by atoms with Gasteiger partial charge in [-0.05, 0) is 50.5 Å². The van der Waals surface area contributed by atoms with E-state index in [9.17, 15) is 8.42 Å². The molecule has 0 aliphatic carbocycles. The van der Waals surface area contributed by atoms with E-state index in [1.807, 2.05) is 13.8 Å². The van der Waals surface area contributed by atoms with E-state index in [2.05, 4.69) is 20.7 Å². The molecule has 0 radical (unpaired) electrons. The van der Waals surface area contributed by atoms with Gasteiger partial charge in [-0.3, -0.25) is 0 Å². The van der Waals surface area contributed by atoms with Crippen molar-refractivity contribution in [2.75, 3.05) is 13.2 Å². The lowest BCUT2D eigenvalue weighted by atomic mass is 9.97. The van der Waals surface area contributed by atoms with Crippen molar-refractivity contribution in [3.05, 3.63) is 28.2 Å². The number of nitrogens with one attached hydrogen (secondary N) is 1. The van der Waals surface area contributed by atoms with Crippen molar-refractivity contribution in [2.45, 2.75) is 37.1 Å². The molecule has 1 aliphatic rings. The first kappa shape index (κ1) is 15.0. The zero-order chi connectivity index (χ0) is 14.1. The van der Waals surface area contributed by atoms with Gasteiger partial charge in [-0.2, -0.15) is 0 Å². The van der Waals surface area contributed by atoms with Crippen LogP contribution in [0.3, 0.4) is 0 Å². The van der Waals surface area contributed by atoms with Crippen LogP contribution in [-0.4, -0.2) is 27.2 Å². The van der Waals surface area contributed by atoms with E-state index >= 15 is 0 Å². The zero-order valence-corrected chi connectivity index (χ0v) is 13.5. The highest BCUT2D eigenvalue weighted by molar-refractivity contribution is 9.10. The number of aryl methyl sites for hydroxylation is 1. The van der Waals surface area contributed by atoms with Gasteiger partial charge in [-0.25, -0.2) is 13.1 Å². The van der Waals surface area contributed by atoms with Crippen molar-refractivity contribution >= 4 is 26.0 Å². The SMILES string of the molecule is Cc1cc(S(=O)(=O)NC2(C)CCCOC2)ccc1Br. The number of hydrogen-bond acceptors (Lipinski definition) is 3. The first-order valence-corrected chi connectivity index (χ1v) is 8.48. The van der Waals surface area contributed by atoms with Crippen molar-refractivity contribution in [3.63, 3.8) is 0 Å². The summed E-state index contributed by atoms with van der Waals surface area (Å²) in [4.78, 5) is 0.292. The molecule has 1 aliphatic heterocycles. The Morgan fingerprint density at radius 2 is 2.16 bits per heavy atom. The van der Waals surface area contributed by atoms with Crippen LogP contribution in [0.15, 0.2) is 27.6 Å². The molecule has 0 aromatic heterocycles. The van der Waals surface area contributed by atoms with E-state index in [0.717, 1.165) is 22.9 Å². The van der Waals surface area contributed by atoms with Crippen LogP contribution < -0.4 is 4.72 Å². The molecule has 1 atom stereocenters. The molecule has 1 aromatic carbocycles. The molecule has 1 N–H and O–H groups in total. The van der Waals surface area contributed by atoms with Crippen molar-refractivity contribution in [1.82, 2.24) is 4.72 Å². The van der Waals surface area contributed by atoms with Gasteiger partial charge >= 0.3 is 0 Å². The van der Waals surface area contributed by atoms with E-state index in [4.69, 9.17) is 4.74 Å². The van der Waals surface area contributed by atoms with E-state index in [1.54, 1.807) is 18.2 Å². The minimum Gasteiger partial charge on any atom is -0.380 e. The van der Waals surface area contributed by atoms with Gasteiger partial charge in [-0.1, -0.05) is 15.9 Å². The highest BCUT2D eigenvalue weighted by atomic mass is 79.9. The van der Waals surface area contributed by atoms with Gasteiger partial charge in [0.05, 0.1) is 17.0 Å². The normalized spacial score (nSPS) is 24.4. The Morgan fingerprint density at radius 1 is 1.42 bits per heavy atom. The van der Waals surface area contributed by atoms with Gasteiger partial charge in [0.1, 0.15) is 0 Å². The molecule has 1 unspecified atom stereocenters. The number of rotatable bonds is 3. The third-order valence-corrected chi connectivity index (χ3v) is 5.78. The maximum Gasteiger partial charge on any atom is 0.241 e. The zero-order valence-electron chi connectivity index (χ0n) is 11.1. The molecule has 19 heavy (non-hydrogen) atoms. The van der Waals surface area contributed by atoms with Gasteiger partial charge in [0.25, 0.3) is 0 Å². The van der Waals surface area contributed by atoms with Crippen LogP contribution in [0.5, 0.6) is 0 Å². The molecule has 0 bridgehead atoms. The summed E-state index contributed by atoms with van der Waals surface area (Å²) >= 11 is 3.37. The Bertz CT molecular complexity index is 565. The molecule has 1 heterocycles. The molecule has 1 aromatic rings. The second kappa shape index (κ2) is 5.52. The van der Waals surface area contributed by atoms with Crippen molar-refractivity contribution in [2.24, 2.45) is 0 Å². The Hall–Kier alpha value is -0.430. The number of sulfonamides is 1. The second-order valence-electron chi connectivity index (χ2n) is 5.23. The Kier molecular flexibility index (Phi) is 4.35. The average Bonchev–Trinajstić information content (AvgIpc) is 2.32. The van der Waals surface area contributed by atoms with E-state index in [1.165, 1.54) is 0 Å². The number of ether oxygens (including phenoxy) is 1. The van der Waals surface area contributed by atoms with Crippen LogP contribution in [0.1, 0.15) is 25.3 Å². The molecule has 0 saturated carbocycles. The number of halogens is 1. The highest BCUT2D eigenvalue weighted by Gasteiger charge is 2.32. The van der Waals surface area contributed by atoms with Gasteiger partial charge in [-0.15, -0.1) is 0 Å². The van der Waals surface area contributed by atoms with Crippen LogP contribution in [0.2, 0.25) is 0 Å². The van der Waals surface area contributed by atoms with Crippen molar-refractivity contribution < 1.29 is 13.2 Å². The van der Waals surface area contributed by atoms with Gasteiger partial charge < -0.3 is 4.74 Å². The summed E-state index contributed by atoms with van der Waals surface area (Å²) in [5.74, 6) is 0. The van der Waals surface area contributed by atoms with E-state index in [-0.39, 0.29) is 0 Å². The quantitative estimate of drug-likeness (QED) is 0.914. The lowest BCUT2D eigenvalue weighted by molar-refractivity contribution is 0.0386. The number of benzene rings is 1. The first-order chi connectivity index (χ1) is 8.82. The van der Waals surface area contributed by atoms with Gasteiger partial charge in [0.2, 0.25) is 10.0 Å². The maximum absolute atomic E-state index is 12.4. The molecule has 2 rings (SSSR count). The van der Waals surface area contributed by atoms with Crippen molar-refractivity contribution in [1.29, 1.82) is 0 Å². The van der Waals surface area contributed by atoms with Gasteiger partial charge in [0.15, 0.2) is 0 Å². The summed E-state index contributed by atoms with van der Waals surface area (Å²) in [7, 11) is -3.51. The fourth-order valence-corrected chi connectivity index (χ4v) is 3.94. The van der Waals surface area contributed by atoms with Crippen LogP contribution in [-0.2, 0) is 14.8 Å². The third kappa shape index (κ3) is 3.56. The molecule has 0 spiro atoms. The van der Waals surface area contributed by atoms with E-state index < -0.39 is 15.6 Å². The standard InChI is InChI=1S/C13H18BrNO3S/c1-10-8-11(4-5-12(10)14)19(16,17)15-13(2)6-3-7-18-9-13/h4-5,8,15H,3,6-7,9H2,1-2H3. The summed E-state index contributed by atoms with van der Waals surface area (Å²) in [6, 6.07) is 5.02.